The van der Waals surface area contributed by atoms with Gasteiger partial charge in [-0.25, -0.2) is 5.01 Å². The molecule has 0 aromatic heterocycles. The zero-order chi connectivity index (χ0) is 7.78. The summed E-state index contributed by atoms with van der Waals surface area (Å²) >= 11 is 0. The van der Waals surface area contributed by atoms with E-state index in [0.29, 0.717) is 11.5 Å². The summed E-state index contributed by atoms with van der Waals surface area (Å²) in [5.74, 6) is 5.65. The average molecular weight is 142 g/mol. The standard InChI is InChI=1S/C8H18N2/c1-8(2)5-4-7(6-8)10(3)9/h7H,4-6,9H2,1-3H3. The first kappa shape index (κ1) is 8.02. The van der Waals surface area contributed by atoms with E-state index in [-0.39, 0.29) is 0 Å². The summed E-state index contributed by atoms with van der Waals surface area (Å²) < 4.78 is 0. The molecule has 1 saturated carbocycles. The van der Waals surface area contributed by atoms with Crippen LogP contribution in [-0.2, 0) is 0 Å². The van der Waals surface area contributed by atoms with E-state index >= 15 is 0 Å². The van der Waals surface area contributed by atoms with Gasteiger partial charge in [0.05, 0.1) is 0 Å². The van der Waals surface area contributed by atoms with Crippen molar-refractivity contribution in [1.82, 2.24) is 5.01 Å². The SMILES string of the molecule is CN(N)C1CCC(C)(C)C1. The summed E-state index contributed by atoms with van der Waals surface area (Å²) in [6.07, 6.45) is 3.83. The van der Waals surface area contributed by atoms with Gasteiger partial charge in [0.2, 0.25) is 0 Å². The van der Waals surface area contributed by atoms with Gasteiger partial charge in [0, 0.05) is 13.1 Å². The predicted molar refractivity (Wildman–Crippen MR) is 43.4 cm³/mol. The Morgan fingerprint density at radius 3 is 2.30 bits per heavy atom. The van der Waals surface area contributed by atoms with Crippen LogP contribution in [0.2, 0.25) is 0 Å². The Hall–Kier alpha value is -0.0800. The highest BCUT2D eigenvalue weighted by molar-refractivity contribution is 4.85. The highest BCUT2D eigenvalue weighted by Crippen LogP contribution is 2.38. The normalized spacial score (nSPS) is 31.5. The van der Waals surface area contributed by atoms with E-state index in [9.17, 15) is 0 Å². The number of hydrogen-bond acceptors (Lipinski definition) is 2. The van der Waals surface area contributed by atoms with Crippen molar-refractivity contribution in [3.63, 3.8) is 0 Å². The Morgan fingerprint density at radius 1 is 1.50 bits per heavy atom. The van der Waals surface area contributed by atoms with Crippen LogP contribution < -0.4 is 5.84 Å². The molecule has 1 unspecified atom stereocenters. The van der Waals surface area contributed by atoms with E-state index in [1.54, 1.807) is 0 Å². The smallest absolute Gasteiger partial charge is 0.0243 e. The molecule has 0 bridgehead atoms. The first-order valence-corrected chi connectivity index (χ1v) is 3.99. The zero-order valence-electron chi connectivity index (χ0n) is 7.22. The number of nitrogens with zero attached hydrogens (tertiary/aromatic N) is 1. The number of nitrogens with two attached hydrogens (primary N) is 1. The molecule has 0 aromatic rings. The summed E-state index contributed by atoms with van der Waals surface area (Å²) in [7, 11) is 1.96. The third-order valence-electron chi connectivity index (χ3n) is 2.52. The van der Waals surface area contributed by atoms with Crippen LogP contribution in [-0.4, -0.2) is 18.1 Å². The summed E-state index contributed by atoms with van der Waals surface area (Å²) in [5.41, 5.74) is 0.526. The second kappa shape index (κ2) is 2.51. The molecule has 2 N–H and O–H groups in total. The second-order valence-corrected chi connectivity index (χ2v) is 4.23. The topological polar surface area (TPSA) is 29.3 Å². The van der Waals surface area contributed by atoms with Crippen molar-refractivity contribution in [1.29, 1.82) is 0 Å². The van der Waals surface area contributed by atoms with Crippen molar-refractivity contribution in [3.05, 3.63) is 0 Å². The molecular weight excluding hydrogens is 124 g/mol. The molecule has 60 valence electrons. The minimum absolute atomic E-state index is 0.526. The van der Waals surface area contributed by atoms with Crippen LogP contribution in [0.1, 0.15) is 33.1 Å². The molecular formula is C8H18N2. The van der Waals surface area contributed by atoms with Crippen LogP contribution in [0.5, 0.6) is 0 Å². The van der Waals surface area contributed by atoms with Gasteiger partial charge in [0.25, 0.3) is 0 Å². The van der Waals surface area contributed by atoms with E-state index in [4.69, 9.17) is 5.84 Å². The minimum Gasteiger partial charge on any atom is -0.269 e. The van der Waals surface area contributed by atoms with Crippen LogP contribution >= 0.6 is 0 Å². The lowest BCUT2D eigenvalue weighted by Crippen LogP contribution is -2.36. The first-order chi connectivity index (χ1) is 4.51. The van der Waals surface area contributed by atoms with Gasteiger partial charge in [-0.1, -0.05) is 13.8 Å². The molecule has 0 spiro atoms. The van der Waals surface area contributed by atoms with Crippen molar-refractivity contribution >= 4 is 0 Å². The number of hydrazine groups is 1. The molecule has 10 heavy (non-hydrogen) atoms. The molecule has 0 aliphatic heterocycles. The highest BCUT2D eigenvalue weighted by atomic mass is 15.4. The fourth-order valence-electron chi connectivity index (χ4n) is 1.75. The quantitative estimate of drug-likeness (QED) is 0.442. The zero-order valence-corrected chi connectivity index (χ0v) is 7.22. The lowest BCUT2D eigenvalue weighted by Gasteiger charge is -2.21. The molecule has 0 radical (unpaired) electrons. The Bertz CT molecular complexity index is 118. The van der Waals surface area contributed by atoms with Gasteiger partial charge in [-0.15, -0.1) is 0 Å². The fourth-order valence-corrected chi connectivity index (χ4v) is 1.75. The molecule has 0 heterocycles. The Labute approximate surface area is 63.4 Å². The monoisotopic (exact) mass is 142 g/mol. The molecule has 0 amide bonds. The van der Waals surface area contributed by atoms with E-state index < -0.39 is 0 Å². The van der Waals surface area contributed by atoms with Crippen LogP contribution in [0.25, 0.3) is 0 Å². The summed E-state index contributed by atoms with van der Waals surface area (Å²) in [6, 6.07) is 0.620. The summed E-state index contributed by atoms with van der Waals surface area (Å²) in [5, 5.41) is 1.86. The highest BCUT2D eigenvalue weighted by Gasteiger charge is 2.31. The lowest BCUT2D eigenvalue weighted by molar-refractivity contribution is 0.233. The van der Waals surface area contributed by atoms with E-state index in [2.05, 4.69) is 13.8 Å². The van der Waals surface area contributed by atoms with Gasteiger partial charge in [0.15, 0.2) is 0 Å². The van der Waals surface area contributed by atoms with E-state index in [1.165, 1.54) is 19.3 Å². The molecule has 1 fully saturated rings. The van der Waals surface area contributed by atoms with Crippen molar-refractivity contribution < 1.29 is 0 Å². The molecule has 1 atom stereocenters. The fraction of sp³-hybridized carbons (Fsp3) is 1.00. The van der Waals surface area contributed by atoms with Crippen molar-refractivity contribution in [2.24, 2.45) is 11.3 Å². The van der Waals surface area contributed by atoms with Gasteiger partial charge >= 0.3 is 0 Å². The molecule has 0 saturated heterocycles. The van der Waals surface area contributed by atoms with Crippen LogP contribution in [0.15, 0.2) is 0 Å². The van der Waals surface area contributed by atoms with Gasteiger partial charge in [-0.2, -0.15) is 0 Å². The van der Waals surface area contributed by atoms with Gasteiger partial charge in [-0.3, -0.25) is 5.84 Å². The molecule has 2 heteroatoms. The third kappa shape index (κ3) is 1.70. The van der Waals surface area contributed by atoms with Gasteiger partial charge < -0.3 is 0 Å². The molecule has 1 aliphatic rings. The van der Waals surface area contributed by atoms with Crippen molar-refractivity contribution in [2.45, 2.75) is 39.2 Å². The molecule has 2 nitrogen and oxygen atoms in total. The van der Waals surface area contributed by atoms with E-state index in [1.807, 2.05) is 12.1 Å². The summed E-state index contributed by atoms with van der Waals surface area (Å²) in [4.78, 5) is 0. The lowest BCUT2D eigenvalue weighted by atomic mass is 9.92. The third-order valence-corrected chi connectivity index (χ3v) is 2.52. The maximum atomic E-state index is 5.65. The van der Waals surface area contributed by atoms with Crippen molar-refractivity contribution in [2.75, 3.05) is 7.05 Å². The van der Waals surface area contributed by atoms with Gasteiger partial charge in [-0.05, 0) is 24.7 Å². The average Bonchev–Trinajstić information content (AvgIpc) is 2.10. The Kier molecular flexibility index (Phi) is 2.02. The maximum absolute atomic E-state index is 5.65. The molecule has 1 rings (SSSR count). The minimum atomic E-state index is 0.526. The number of hydrogen-bond donors (Lipinski definition) is 1. The van der Waals surface area contributed by atoms with Gasteiger partial charge in [0.1, 0.15) is 0 Å². The molecule has 1 aliphatic carbocycles. The van der Waals surface area contributed by atoms with Crippen molar-refractivity contribution in [3.8, 4) is 0 Å². The Morgan fingerprint density at radius 2 is 2.10 bits per heavy atom. The second-order valence-electron chi connectivity index (χ2n) is 4.23. The first-order valence-electron chi connectivity index (χ1n) is 3.99. The largest absolute Gasteiger partial charge is 0.269 e. The van der Waals surface area contributed by atoms with E-state index in [0.717, 1.165) is 0 Å². The van der Waals surface area contributed by atoms with Crippen LogP contribution in [0.4, 0.5) is 0 Å². The predicted octanol–water partition coefficient (Wildman–Crippen LogP) is 1.37. The number of rotatable bonds is 1. The van der Waals surface area contributed by atoms with Crippen LogP contribution in [0, 0.1) is 5.41 Å². The molecule has 0 aromatic carbocycles. The van der Waals surface area contributed by atoms with Crippen LogP contribution in [0.3, 0.4) is 0 Å². The summed E-state index contributed by atoms with van der Waals surface area (Å²) in [6.45, 7) is 4.63. The Balaban J connectivity index is 2.43. The maximum Gasteiger partial charge on any atom is 0.0243 e.